The summed E-state index contributed by atoms with van der Waals surface area (Å²) in [6.45, 7) is 4.31. The lowest BCUT2D eigenvalue weighted by Crippen LogP contribution is -2.06. The molecule has 3 nitrogen and oxygen atoms in total. The first-order chi connectivity index (χ1) is 6.98. The van der Waals surface area contributed by atoms with Gasteiger partial charge in [0.05, 0.1) is 7.11 Å². The lowest BCUT2D eigenvalue weighted by molar-refractivity contribution is 0.0606. The van der Waals surface area contributed by atoms with Crippen molar-refractivity contribution in [1.82, 2.24) is 0 Å². The molecule has 1 aromatic heterocycles. The van der Waals surface area contributed by atoms with E-state index < -0.39 is 0 Å². The molecule has 1 aromatic rings. The Morgan fingerprint density at radius 1 is 1.53 bits per heavy atom. The van der Waals surface area contributed by atoms with Gasteiger partial charge in [0.25, 0.3) is 0 Å². The summed E-state index contributed by atoms with van der Waals surface area (Å²) in [5, 5.41) is 0. The molecule has 1 saturated carbocycles. The second-order valence-electron chi connectivity index (χ2n) is 4.52. The summed E-state index contributed by atoms with van der Waals surface area (Å²) >= 11 is 1.49. The zero-order valence-electron chi connectivity index (χ0n) is 9.11. The molecule has 0 aromatic carbocycles. The maximum absolute atomic E-state index is 11.3. The van der Waals surface area contributed by atoms with Crippen molar-refractivity contribution in [3.8, 4) is 0 Å². The van der Waals surface area contributed by atoms with Crippen LogP contribution >= 0.6 is 11.3 Å². The standard InChI is InChI=1S/C11H15NO2S/c1-11(2)8(9(11)12)6-4-5-7(15-6)10(13)14-3/h4-5,8-9H,12H2,1-3H3/t8-,9-/m0/s1. The first-order valence-electron chi connectivity index (χ1n) is 4.92. The highest BCUT2D eigenvalue weighted by Gasteiger charge is 2.56. The smallest absolute Gasteiger partial charge is 0.348 e. The number of hydrogen-bond donors (Lipinski definition) is 1. The van der Waals surface area contributed by atoms with Crippen LogP contribution in [0.1, 0.15) is 34.3 Å². The predicted molar refractivity (Wildman–Crippen MR) is 60.2 cm³/mol. The van der Waals surface area contributed by atoms with Gasteiger partial charge in [-0.2, -0.15) is 0 Å². The fraction of sp³-hybridized carbons (Fsp3) is 0.545. The zero-order valence-corrected chi connectivity index (χ0v) is 9.93. The van der Waals surface area contributed by atoms with Crippen molar-refractivity contribution in [2.75, 3.05) is 7.11 Å². The highest BCUT2D eigenvalue weighted by atomic mass is 32.1. The van der Waals surface area contributed by atoms with E-state index >= 15 is 0 Å². The number of rotatable bonds is 2. The molecule has 2 N–H and O–H groups in total. The Morgan fingerprint density at radius 3 is 2.60 bits per heavy atom. The summed E-state index contributed by atoms with van der Waals surface area (Å²) in [5.74, 6) is 0.124. The highest BCUT2D eigenvalue weighted by Crippen LogP contribution is 2.58. The Hall–Kier alpha value is -0.870. The number of ether oxygens (including phenoxy) is 1. The molecule has 2 rings (SSSR count). The maximum atomic E-state index is 11.3. The second-order valence-corrected chi connectivity index (χ2v) is 5.63. The summed E-state index contributed by atoms with van der Waals surface area (Å²) in [4.78, 5) is 13.1. The third-order valence-electron chi connectivity index (χ3n) is 3.23. The van der Waals surface area contributed by atoms with Gasteiger partial charge in [-0.05, 0) is 17.5 Å². The first kappa shape index (κ1) is 10.6. The van der Waals surface area contributed by atoms with E-state index in [9.17, 15) is 4.79 Å². The fourth-order valence-electron chi connectivity index (χ4n) is 1.95. The Kier molecular flexibility index (Phi) is 2.35. The molecule has 2 atom stereocenters. The van der Waals surface area contributed by atoms with Crippen molar-refractivity contribution in [1.29, 1.82) is 0 Å². The molecule has 0 saturated heterocycles. The Morgan fingerprint density at radius 2 is 2.13 bits per heavy atom. The van der Waals surface area contributed by atoms with Gasteiger partial charge in [-0.3, -0.25) is 0 Å². The van der Waals surface area contributed by atoms with Crippen LogP contribution in [-0.4, -0.2) is 19.1 Å². The summed E-state index contributed by atoms with van der Waals surface area (Å²) in [6.07, 6.45) is 0. The fourth-order valence-corrected chi connectivity index (χ4v) is 3.22. The second kappa shape index (κ2) is 3.32. The Bertz CT molecular complexity index is 397. The van der Waals surface area contributed by atoms with Crippen LogP contribution in [0.15, 0.2) is 12.1 Å². The van der Waals surface area contributed by atoms with Crippen LogP contribution in [0.25, 0.3) is 0 Å². The van der Waals surface area contributed by atoms with Crippen molar-refractivity contribution < 1.29 is 9.53 Å². The Balaban J connectivity index is 2.19. The van der Waals surface area contributed by atoms with E-state index in [2.05, 4.69) is 18.6 Å². The van der Waals surface area contributed by atoms with E-state index in [-0.39, 0.29) is 17.4 Å². The van der Waals surface area contributed by atoms with Gasteiger partial charge in [0.1, 0.15) is 4.88 Å². The van der Waals surface area contributed by atoms with Gasteiger partial charge in [-0.15, -0.1) is 11.3 Å². The van der Waals surface area contributed by atoms with Gasteiger partial charge in [0.15, 0.2) is 0 Å². The predicted octanol–water partition coefficient (Wildman–Crippen LogP) is 1.99. The van der Waals surface area contributed by atoms with Gasteiger partial charge in [0, 0.05) is 16.8 Å². The molecular weight excluding hydrogens is 210 g/mol. The monoisotopic (exact) mass is 225 g/mol. The molecular formula is C11H15NO2S. The summed E-state index contributed by atoms with van der Waals surface area (Å²) < 4.78 is 4.67. The molecule has 15 heavy (non-hydrogen) atoms. The molecule has 0 radical (unpaired) electrons. The normalized spacial score (nSPS) is 27.5. The molecule has 0 spiro atoms. The lowest BCUT2D eigenvalue weighted by Gasteiger charge is -1.98. The zero-order chi connectivity index (χ0) is 11.2. The van der Waals surface area contributed by atoms with E-state index in [0.29, 0.717) is 10.8 Å². The van der Waals surface area contributed by atoms with E-state index in [4.69, 9.17) is 5.73 Å². The van der Waals surface area contributed by atoms with Crippen LogP contribution in [0.5, 0.6) is 0 Å². The van der Waals surface area contributed by atoms with Gasteiger partial charge in [-0.1, -0.05) is 13.8 Å². The number of hydrogen-bond acceptors (Lipinski definition) is 4. The quantitative estimate of drug-likeness (QED) is 0.783. The summed E-state index contributed by atoms with van der Waals surface area (Å²) in [7, 11) is 1.40. The van der Waals surface area contributed by atoms with Gasteiger partial charge < -0.3 is 10.5 Å². The number of carbonyl (C=O) groups excluding carboxylic acids is 1. The van der Waals surface area contributed by atoms with E-state index in [1.165, 1.54) is 23.3 Å². The summed E-state index contributed by atoms with van der Waals surface area (Å²) in [6, 6.07) is 4.00. The molecule has 0 unspecified atom stereocenters. The number of esters is 1. The van der Waals surface area contributed by atoms with Crippen molar-refractivity contribution in [2.24, 2.45) is 11.1 Å². The largest absolute Gasteiger partial charge is 0.465 e. The molecule has 4 heteroatoms. The number of carbonyl (C=O) groups is 1. The lowest BCUT2D eigenvalue weighted by atomic mass is 10.1. The third-order valence-corrected chi connectivity index (χ3v) is 4.38. The van der Waals surface area contributed by atoms with E-state index in [1.807, 2.05) is 12.1 Å². The molecule has 82 valence electrons. The molecule has 1 aliphatic rings. The molecule has 0 aliphatic heterocycles. The highest BCUT2D eigenvalue weighted by molar-refractivity contribution is 7.14. The van der Waals surface area contributed by atoms with Crippen molar-refractivity contribution in [2.45, 2.75) is 25.8 Å². The topological polar surface area (TPSA) is 52.3 Å². The van der Waals surface area contributed by atoms with Crippen molar-refractivity contribution in [3.05, 3.63) is 21.9 Å². The minimum Gasteiger partial charge on any atom is -0.465 e. The van der Waals surface area contributed by atoms with Crippen molar-refractivity contribution in [3.63, 3.8) is 0 Å². The summed E-state index contributed by atoms with van der Waals surface area (Å²) in [5.41, 5.74) is 6.15. The van der Waals surface area contributed by atoms with Crippen LogP contribution in [-0.2, 0) is 4.74 Å². The van der Waals surface area contributed by atoms with Crippen LogP contribution in [0.4, 0.5) is 0 Å². The SMILES string of the molecule is COC(=O)c1ccc([C@H]2[C@H](N)C2(C)C)s1. The van der Waals surface area contributed by atoms with Crippen LogP contribution in [0, 0.1) is 5.41 Å². The van der Waals surface area contributed by atoms with Gasteiger partial charge >= 0.3 is 5.97 Å². The van der Waals surface area contributed by atoms with Gasteiger partial charge in [0.2, 0.25) is 0 Å². The number of nitrogens with two attached hydrogens (primary N) is 1. The first-order valence-corrected chi connectivity index (χ1v) is 5.73. The third kappa shape index (κ3) is 1.58. The van der Waals surface area contributed by atoms with Crippen LogP contribution in [0.3, 0.4) is 0 Å². The molecule has 1 heterocycles. The number of methoxy groups -OCH3 is 1. The average molecular weight is 225 g/mol. The van der Waals surface area contributed by atoms with Crippen molar-refractivity contribution >= 4 is 17.3 Å². The Labute approximate surface area is 93.2 Å². The molecule has 1 fully saturated rings. The van der Waals surface area contributed by atoms with E-state index in [0.717, 1.165) is 0 Å². The molecule has 1 aliphatic carbocycles. The average Bonchev–Trinajstić information content (AvgIpc) is 2.58. The maximum Gasteiger partial charge on any atom is 0.348 e. The molecule has 0 bridgehead atoms. The minimum absolute atomic E-state index is 0.165. The van der Waals surface area contributed by atoms with Gasteiger partial charge in [-0.25, -0.2) is 4.79 Å². The van der Waals surface area contributed by atoms with E-state index in [1.54, 1.807) is 0 Å². The van der Waals surface area contributed by atoms with Crippen LogP contribution in [0.2, 0.25) is 0 Å². The molecule has 0 amide bonds. The number of thiophene rings is 1. The van der Waals surface area contributed by atoms with Crippen LogP contribution < -0.4 is 5.73 Å². The minimum atomic E-state index is -0.265.